The Morgan fingerprint density at radius 1 is 1.12 bits per heavy atom. The monoisotopic (exact) mass is 336 g/mol. The molecular formula is C21H24N2O2. The molecule has 0 bridgehead atoms. The van der Waals surface area contributed by atoms with E-state index < -0.39 is 0 Å². The molecule has 4 nitrogen and oxygen atoms in total. The molecule has 0 radical (unpaired) electrons. The number of hydrogen-bond donors (Lipinski definition) is 1. The lowest BCUT2D eigenvalue weighted by Crippen LogP contribution is -2.24. The van der Waals surface area contributed by atoms with E-state index in [0.29, 0.717) is 6.54 Å². The summed E-state index contributed by atoms with van der Waals surface area (Å²) in [4.78, 5) is 11.2. The van der Waals surface area contributed by atoms with Crippen molar-refractivity contribution in [2.24, 2.45) is 0 Å². The van der Waals surface area contributed by atoms with Crippen molar-refractivity contribution < 1.29 is 9.53 Å². The molecule has 4 heteroatoms. The van der Waals surface area contributed by atoms with Crippen LogP contribution < -0.4 is 10.1 Å². The number of amides is 1. The van der Waals surface area contributed by atoms with Crippen LogP contribution in [0.5, 0.6) is 11.5 Å². The SMILES string of the molecule is CC(C)(C)c1ccccc1Oc1ccc(CCNC(=O)CC#N)cc1. The van der Waals surface area contributed by atoms with Crippen LogP contribution in [0, 0.1) is 11.3 Å². The van der Waals surface area contributed by atoms with E-state index in [1.54, 1.807) is 0 Å². The van der Waals surface area contributed by atoms with E-state index >= 15 is 0 Å². The minimum absolute atomic E-state index is 0.0121. The fourth-order valence-corrected chi connectivity index (χ4v) is 2.51. The molecule has 130 valence electrons. The van der Waals surface area contributed by atoms with Crippen LogP contribution in [-0.2, 0) is 16.6 Å². The third-order valence-corrected chi connectivity index (χ3v) is 3.82. The molecule has 0 aliphatic carbocycles. The highest BCUT2D eigenvalue weighted by Gasteiger charge is 2.18. The molecule has 25 heavy (non-hydrogen) atoms. The molecule has 0 unspecified atom stereocenters. The van der Waals surface area contributed by atoms with Crippen LogP contribution in [0.3, 0.4) is 0 Å². The van der Waals surface area contributed by atoms with Gasteiger partial charge in [0.05, 0.1) is 6.07 Å². The molecule has 0 atom stereocenters. The normalized spacial score (nSPS) is 10.8. The summed E-state index contributed by atoms with van der Waals surface area (Å²) in [5, 5.41) is 11.2. The van der Waals surface area contributed by atoms with Gasteiger partial charge in [0.25, 0.3) is 0 Å². The van der Waals surface area contributed by atoms with E-state index in [0.717, 1.165) is 23.5 Å². The number of carbonyl (C=O) groups is 1. The van der Waals surface area contributed by atoms with Crippen molar-refractivity contribution in [1.82, 2.24) is 5.32 Å². The first-order valence-corrected chi connectivity index (χ1v) is 8.40. The van der Waals surface area contributed by atoms with E-state index in [1.807, 2.05) is 48.5 Å². The third kappa shape index (κ3) is 5.65. The number of para-hydroxylation sites is 1. The van der Waals surface area contributed by atoms with Crippen molar-refractivity contribution in [2.45, 2.75) is 39.0 Å². The maximum atomic E-state index is 11.2. The Bertz CT molecular complexity index is 753. The van der Waals surface area contributed by atoms with Gasteiger partial charge in [0, 0.05) is 12.1 Å². The van der Waals surface area contributed by atoms with Gasteiger partial charge in [-0.1, -0.05) is 51.1 Å². The summed E-state index contributed by atoms with van der Waals surface area (Å²) >= 11 is 0. The Labute approximate surface area is 149 Å². The zero-order valence-corrected chi connectivity index (χ0v) is 15.0. The van der Waals surface area contributed by atoms with Crippen LogP contribution >= 0.6 is 0 Å². The molecule has 0 saturated heterocycles. The van der Waals surface area contributed by atoms with Crippen LogP contribution in [-0.4, -0.2) is 12.5 Å². The number of benzene rings is 2. The second kappa shape index (κ2) is 8.34. The summed E-state index contributed by atoms with van der Waals surface area (Å²) in [7, 11) is 0. The van der Waals surface area contributed by atoms with Gasteiger partial charge >= 0.3 is 0 Å². The zero-order chi connectivity index (χ0) is 18.3. The fraction of sp³-hybridized carbons (Fsp3) is 0.333. The van der Waals surface area contributed by atoms with Crippen molar-refractivity contribution in [3.05, 3.63) is 59.7 Å². The quantitative estimate of drug-likeness (QED) is 0.853. The van der Waals surface area contributed by atoms with E-state index in [9.17, 15) is 4.79 Å². The molecule has 0 heterocycles. The molecule has 1 N–H and O–H groups in total. The number of nitrogens with one attached hydrogen (secondary N) is 1. The highest BCUT2D eigenvalue weighted by atomic mass is 16.5. The lowest BCUT2D eigenvalue weighted by molar-refractivity contribution is -0.120. The average molecular weight is 336 g/mol. The van der Waals surface area contributed by atoms with Crippen LogP contribution in [0.25, 0.3) is 0 Å². The number of hydrogen-bond acceptors (Lipinski definition) is 3. The average Bonchev–Trinajstić information content (AvgIpc) is 2.56. The molecule has 0 aromatic heterocycles. The minimum Gasteiger partial charge on any atom is -0.457 e. The first-order chi connectivity index (χ1) is 11.9. The topological polar surface area (TPSA) is 62.1 Å². The first kappa shape index (κ1) is 18.5. The van der Waals surface area contributed by atoms with Gasteiger partial charge in [0.1, 0.15) is 17.9 Å². The maximum Gasteiger partial charge on any atom is 0.234 e. The predicted molar refractivity (Wildman–Crippen MR) is 98.6 cm³/mol. The van der Waals surface area contributed by atoms with Crippen LogP contribution in [0.2, 0.25) is 0 Å². The second-order valence-corrected chi connectivity index (χ2v) is 6.93. The van der Waals surface area contributed by atoms with E-state index in [4.69, 9.17) is 10.00 Å². The van der Waals surface area contributed by atoms with E-state index in [1.165, 1.54) is 5.56 Å². The molecular weight excluding hydrogens is 312 g/mol. The molecule has 2 aromatic carbocycles. The zero-order valence-electron chi connectivity index (χ0n) is 15.0. The molecule has 2 rings (SSSR count). The largest absolute Gasteiger partial charge is 0.457 e. The van der Waals surface area contributed by atoms with Crippen LogP contribution in [0.1, 0.15) is 38.3 Å². The summed E-state index contributed by atoms with van der Waals surface area (Å²) in [6, 6.07) is 17.8. The van der Waals surface area contributed by atoms with Gasteiger partial charge in [0.15, 0.2) is 0 Å². The van der Waals surface area contributed by atoms with Crippen molar-refractivity contribution in [3.8, 4) is 17.6 Å². The highest BCUT2D eigenvalue weighted by molar-refractivity contribution is 5.77. The van der Waals surface area contributed by atoms with Crippen molar-refractivity contribution >= 4 is 5.91 Å². The molecule has 0 spiro atoms. The lowest BCUT2D eigenvalue weighted by Gasteiger charge is -2.22. The lowest BCUT2D eigenvalue weighted by atomic mass is 9.86. The molecule has 1 amide bonds. The van der Waals surface area contributed by atoms with Crippen molar-refractivity contribution in [2.75, 3.05) is 6.54 Å². The summed E-state index contributed by atoms with van der Waals surface area (Å²) in [6.07, 6.45) is 0.621. The Morgan fingerprint density at radius 2 is 1.80 bits per heavy atom. The van der Waals surface area contributed by atoms with E-state index in [-0.39, 0.29) is 17.7 Å². The highest BCUT2D eigenvalue weighted by Crippen LogP contribution is 2.33. The van der Waals surface area contributed by atoms with Crippen LogP contribution in [0.15, 0.2) is 48.5 Å². The van der Waals surface area contributed by atoms with Crippen molar-refractivity contribution in [3.63, 3.8) is 0 Å². The number of nitrogens with zero attached hydrogens (tertiary/aromatic N) is 1. The number of carbonyl (C=O) groups excluding carboxylic acids is 1. The Hall–Kier alpha value is -2.80. The fourth-order valence-electron chi connectivity index (χ4n) is 2.51. The van der Waals surface area contributed by atoms with Gasteiger partial charge in [-0.3, -0.25) is 4.79 Å². The number of nitriles is 1. The maximum absolute atomic E-state index is 11.2. The van der Waals surface area contributed by atoms with Gasteiger partial charge < -0.3 is 10.1 Å². The molecule has 2 aromatic rings. The smallest absolute Gasteiger partial charge is 0.234 e. The Balaban J connectivity index is 1.98. The summed E-state index contributed by atoms with van der Waals surface area (Å²) < 4.78 is 6.06. The standard InChI is InChI=1S/C21H24N2O2/c1-21(2,3)18-6-4-5-7-19(18)25-17-10-8-16(9-11-17)13-15-23-20(24)12-14-22/h4-11H,12-13,15H2,1-3H3,(H,23,24). The van der Waals surface area contributed by atoms with Crippen LogP contribution in [0.4, 0.5) is 0 Å². The summed E-state index contributed by atoms with van der Waals surface area (Å²) in [5.41, 5.74) is 2.28. The Kier molecular flexibility index (Phi) is 6.19. The molecule has 0 fully saturated rings. The Morgan fingerprint density at radius 3 is 2.44 bits per heavy atom. The van der Waals surface area contributed by atoms with Gasteiger partial charge in [-0.2, -0.15) is 5.26 Å². The molecule has 0 aliphatic rings. The van der Waals surface area contributed by atoms with Gasteiger partial charge in [0.2, 0.25) is 5.91 Å². The molecule has 0 saturated carbocycles. The predicted octanol–water partition coefficient (Wildman–Crippen LogP) is 4.35. The van der Waals surface area contributed by atoms with Gasteiger partial charge in [-0.05, 0) is 35.6 Å². The first-order valence-electron chi connectivity index (χ1n) is 8.40. The summed E-state index contributed by atoms with van der Waals surface area (Å²) in [6.45, 7) is 7.02. The van der Waals surface area contributed by atoms with Crippen molar-refractivity contribution in [1.29, 1.82) is 5.26 Å². The third-order valence-electron chi connectivity index (χ3n) is 3.82. The number of ether oxygens (including phenoxy) is 1. The van der Waals surface area contributed by atoms with Gasteiger partial charge in [-0.25, -0.2) is 0 Å². The molecule has 0 aliphatic heterocycles. The van der Waals surface area contributed by atoms with E-state index in [2.05, 4.69) is 32.2 Å². The second-order valence-electron chi connectivity index (χ2n) is 6.93. The minimum atomic E-state index is -0.235. The van der Waals surface area contributed by atoms with Gasteiger partial charge in [-0.15, -0.1) is 0 Å². The number of rotatable bonds is 6. The summed E-state index contributed by atoms with van der Waals surface area (Å²) in [5.74, 6) is 1.42.